The van der Waals surface area contributed by atoms with Crippen LogP contribution in [-0.2, 0) is 16.1 Å². The molecule has 0 spiro atoms. The van der Waals surface area contributed by atoms with Crippen LogP contribution < -0.4 is 16.0 Å². The molecule has 3 rings (SSSR count). The summed E-state index contributed by atoms with van der Waals surface area (Å²) in [5.74, 6) is -0.164. The van der Waals surface area contributed by atoms with Crippen LogP contribution in [0.25, 0.3) is 0 Å². The molecule has 5 nitrogen and oxygen atoms in total. The van der Waals surface area contributed by atoms with Crippen LogP contribution in [0.4, 0.5) is 11.4 Å². The summed E-state index contributed by atoms with van der Waals surface area (Å²) in [7, 11) is 0. The number of ether oxygens (including phenoxy) is 1. The summed E-state index contributed by atoms with van der Waals surface area (Å²) in [6, 6.07) is 15.5. The van der Waals surface area contributed by atoms with E-state index in [9.17, 15) is 4.79 Å². The molecule has 24 heavy (non-hydrogen) atoms. The van der Waals surface area contributed by atoms with Crippen molar-refractivity contribution in [3.8, 4) is 0 Å². The minimum atomic E-state index is -0.464. The van der Waals surface area contributed by atoms with Gasteiger partial charge in [-0.3, -0.25) is 4.79 Å². The third-order valence-electron chi connectivity index (χ3n) is 3.78. The minimum absolute atomic E-state index is 0.164. The van der Waals surface area contributed by atoms with Gasteiger partial charge in [0.05, 0.1) is 17.3 Å². The molecule has 0 radical (unpaired) electrons. The number of amides is 1. The lowest BCUT2D eigenvalue weighted by Crippen LogP contribution is -2.45. The Morgan fingerprint density at radius 2 is 2.08 bits per heavy atom. The lowest BCUT2D eigenvalue weighted by molar-refractivity contribution is -0.128. The minimum Gasteiger partial charge on any atom is -0.380 e. The van der Waals surface area contributed by atoms with Crippen LogP contribution in [0, 0.1) is 0 Å². The zero-order chi connectivity index (χ0) is 16.8. The maximum atomic E-state index is 12.1. The van der Waals surface area contributed by atoms with Crippen LogP contribution in [0.1, 0.15) is 5.56 Å². The summed E-state index contributed by atoms with van der Waals surface area (Å²) in [4.78, 5) is 12.1. The fourth-order valence-electron chi connectivity index (χ4n) is 2.49. The second-order valence-electron chi connectivity index (χ2n) is 5.59. The molecular weight excluding hydrogens is 326 g/mol. The van der Waals surface area contributed by atoms with E-state index in [-0.39, 0.29) is 5.91 Å². The van der Waals surface area contributed by atoms with E-state index >= 15 is 0 Å². The number of hydrogen-bond acceptors (Lipinski definition) is 4. The van der Waals surface area contributed by atoms with Crippen LogP contribution >= 0.6 is 11.6 Å². The van der Waals surface area contributed by atoms with E-state index in [2.05, 4.69) is 16.0 Å². The topological polar surface area (TPSA) is 62.4 Å². The van der Waals surface area contributed by atoms with E-state index < -0.39 is 6.10 Å². The Hall–Kier alpha value is -2.08. The van der Waals surface area contributed by atoms with Crippen LogP contribution in [0.15, 0.2) is 48.5 Å². The maximum absolute atomic E-state index is 12.1. The molecule has 1 amide bonds. The molecule has 0 saturated carbocycles. The lowest BCUT2D eigenvalue weighted by atomic mass is 10.2. The zero-order valence-electron chi connectivity index (χ0n) is 13.2. The number of carbonyl (C=O) groups excluding carboxylic acids is 1. The first-order valence-corrected chi connectivity index (χ1v) is 8.31. The van der Waals surface area contributed by atoms with E-state index in [1.807, 2.05) is 42.5 Å². The van der Waals surface area contributed by atoms with Gasteiger partial charge < -0.3 is 20.7 Å². The molecule has 126 valence electrons. The maximum Gasteiger partial charge on any atom is 0.254 e. The van der Waals surface area contributed by atoms with E-state index in [4.69, 9.17) is 16.3 Å². The number of rotatable bonds is 5. The average Bonchev–Trinajstić information content (AvgIpc) is 2.62. The highest BCUT2D eigenvalue weighted by atomic mass is 35.5. The number of nitrogens with one attached hydrogen (secondary N) is 3. The number of benzene rings is 2. The van der Waals surface area contributed by atoms with Crippen LogP contribution in [0.5, 0.6) is 0 Å². The highest BCUT2D eigenvalue weighted by molar-refractivity contribution is 6.33. The summed E-state index contributed by atoms with van der Waals surface area (Å²) in [6.07, 6.45) is -0.464. The van der Waals surface area contributed by atoms with Crippen molar-refractivity contribution in [1.29, 1.82) is 0 Å². The highest BCUT2D eigenvalue weighted by Gasteiger charge is 2.21. The van der Waals surface area contributed by atoms with Crippen LogP contribution in [0.2, 0.25) is 5.02 Å². The Morgan fingerprint density at radius 1 is 1.25 bits per heavy atom. The molecule has 0 aromatic heterocycles. The summed E-state index contributed by atoms with van der Waals surface area (Å²) in [5, 5.41) is 9.83. The molecule has 2 aromatic rings. The fourth-order valence-corrected chi connectivity index (χ4v) is 2.73. The molecule has 0 aliphatic carbocycles. The van der Waals surface area contributed by atoms with Gasteiger partial charge in [0, 0.05) is 25.3 Å². The highest BCUT2D eigenvalue weighted by Crippen LogP contribution is 2.26. The number of hydrogen-bond donors (Lipinski definition) is 3. The van der Waals surface area contributed by atoms with Gasteiger partial charge >= 0.3 is 0 Å². The third kappa shape index (κ3) is 4.47. The van der Waals surface area contributed by atoms with E-state index in [1.165, 1.54) is 5.56 Å². The molecule has 0 bridgehead atoms. The van der Waals surface area contributed by atoms with Crippen molar-refractivity contribution in [2.75, 3.05) is 30.3 Å². The van der Waals surface area contributed by atoms with E-state index in [1.54, 1.807) is 6.07 Å². The van der Waals surface area contributed by atoms with Gasteiger partial charge in [-0.25, -0.2) is 0 Å². The van der Waals surface area contributed by atoms with Crippen molar-refractivity contribution < 1.29 is 9.53 Å². The van der Waals surface area contributed by atoms with Gasteiger partial charge in [0.1, 0.15) is 6.10 Å². The second kappa shape index (κ2) is 8.15. The molecule has 1 aliphatic heterocycles. The molecule has 3 N–H and O–H groups in total. The summed E-state index contributed by atoms with van der Waals surface area (Å²) >= 11 is 6.31. The Labute approximate surface area is 146 Å². The van der Waals surface area contributed by atoms with E-state index in [0.717, 1.165) is 12.2 Å². The quantitative estimate of drug-likeness (QED) is 0.779. The summed E-state index contributed by atoms with van der Waals surface area (Å²) in [5.41, 5.74) is 2.66. The average molecular weight is 346 g/mol. The van der Waals surface area contributed by atoms with Gasteiger partial charge in [-0.1, -0.05) is 41.9 Å². The Balaban J connectivity index is 1.58. The first-order chi connectivity index (χ1) is 11.7. The van der Waals surface area contributed by atoms with Crippen LogP contribution in [0.3, 0.4) is 0 Å². The molecule has 2 aromatic carbocycles. The van der Waals surface area contributed by atoms with Gasteiger partial charge in [0.15, 0.2) is 0 Å². The molecule has 1 heterocycles. The Bertz CT molecular complexity index is 688. The summed E-state index contributed by atoms with van der Waals surface area (Å²) < 4.78 is 5.43. The lowest BCUT2D eigenvalue weighted by Gasteiger charge is -2.22. The van der Waals surface area contributed by atoms with Crippen molar-refractivity contribution in [2.24, 2.45) is 0 Å². The monoisotopic (exact) mass is 345 g/mol. The number of halogens is 1. The first-order valence-electron chi connectivity index (χ1n) is 7.93. The van der Waals surface area contributed by atoms with Crippen LogP contribution in [-0.4, -0.2) is 31.7 Å². The van der Waals surface area contributed by atoms with Crippen molar-refractivity contribution in [3.05, 3.63) is 59.1 Å². The predicted molar refractivity (Wildman–Crippen MR) is 96.5 cm³/mol. The molecule has 1 fully saturated rings. The molecule has 1 atom stereocenters. The largest absolute Gasteiger partial charge is 0.380 e. The van der Waals surface area contributed by atoms with Crippen molar-refractivity contribution in [3.63, 3.8) is 0 Å². The standard InChI is InChI=1S/C18H20ClN3O2/c19-15-10-14(22-18(23)17-12-20-8-9-24-17)6-7-16(15)21-11-13-4-2-1-3-5-13/h1-7,10,17,20-21H,8-9,11-12H2,(H,22,23). The molecule has 6 heteroatoms. The smallest absolute Gasteiger partial charge is 0.254 e. The van der Waals surface area contributed by atoms with Gasteiger partial charge in [-0.05, 0) is 23.8 Å². The molecule has 1 unspecified atom stereocenters. The zero-order valence-corrected chi connectivity index (χ0v) is 14.0. The second-order valence-corrected chi connectivity index (χ2v) is 5.99. The number of anilines is 2. The SMILES string of the molecule is O=C(Nc1ccc(NCc2ccccc2)c(Cl)c1)C1CNCCO1. The predicted octanol–water partition coefficient (Wildman–Crippen LogP) is 2.88. The van der Waals surface area contributed by atoms with Gasteiger partial charge in [-0.2, -0.15) is 0 Å². The van der Waals surface area contributed by atoms with Crippen molar-refractivity contribution in [2.45, 2.75) is 12.6 Å². The third-order valence-corrected chi connectivity index (χ3v) is 4.10. The fraction of sp³-hybridized carbons (Fsp3) is 0.278. The van der Waals surface area contributed by atoms with Gasteiger partial charge in [0.2, 0.25) is 0 Å². The van der Waals surface area contributed by atoms with E-state index in [0.29, 0.717) is 30.4 Å². The Kier molecular flexibility index (Phi) is 5.69. The molecule has 1 aliphatic rings. The van der Waals surface area contributed by atoms with Crippen molar-refractivity contribution >= 4 is 28.9 Å². The molecular formula is C18H20ClN3O2. The van der Waals surface area contributed by atoms with Gasteiger partial charge in [-0.15, -0.1) is 0 Å². The Morgan fingerprint density at radius 3 is 2.79 bits per heavy atom. The van der Waals surface area contributed by atoms with Gasteiger partial charge in [0.25, 0.3) is 5.91 Å². The summed E-state index contributed by atoms with van der Waals surface area (Å²) in [6.45, 7) is 2.53. The number of morpholine rings is 1. The number of carbonyl (C=O) groups is 1. The normalized spacial score (nSPS) is 17.3. The first kappa shape index (κ1) is 16.8. The molecule has 1 saturated heterocycles. The van der Waals surface area contributed by atoms with Crippen molar-refractivity contribution in [1.82, 2.24) is 5.32 Å².